The standard InChI is InChI=1S/C23H25F3N2O4S/c1-12(29)23(30)28-18-8-15(9-18)22(27-33(2,31)32)20(28)10-13-4-3-5-19(21(13)26)14-6-16(24)11-17(25)7-14/h3-7,11-12,15,18,20,22,27,29H,8-10H2,1-2H3/t12-,15?,18?,20-,22-/m0/s1. The molecule has 2 aliphatic heterocycles. The summed E-state index contributed by atoms with van der Waals surface area (Å²) in [5, 5.41) is 9.94. The summed E-state index contributed by atoms with van der Waals surface area (Å²) in [4.78, 5) is 14.3. The van der Waals surface area contributed by atoms with E-state index in [2.05, 4.69) is 4.72 Å². The van der Waals surface area contributed by atoms with E-state index in [4.69, 9.17) is 0 Å². The molecular weight excluding hydrogens is 457 g/mol. The number of hydrogen-bond acceptors (Lipinski definition) is 4. The van der Waals surface area contributed by atoms with Gasteiger partial charge in [-0.05, 0) is 55.4 Å². The van der Waals surface area contributed by atoms with Gasteiger partial charge in [0.15, 0.2) is 0 Å². The van der Waals surface area contributed by atoms with Gasteiger partial charge in [-0.3, -0.25) is 4.79 Å². The Balaban J connectivity index is 1.73. The highest BCUT2D eigenvalue weighted by Crippen LogP contribution is 2.44. The SMILES string of the molecule is C[C@H](O)C(=O)N1C2CC(C2)[C@H](NS(C)(=O)=O)[C@@H]1Cc1cccc(-c2cc(F)cc(F)c2)c1F. The molecule has 3 aliphatic rings. The van der Waals surface area contributed by atoms with Crippen LogP contribution in [0.2, 0.25) is 0 Å². The van der Waals surface area contributed by atoms with Crippen molar-refractivity contribution >= 4 is 15.9 Å². The predicted octanol–water partition coefficient (Wildman–Crippen LogP) is 2.60. The van der Waals surface area contributed by atoms with E-state index in [-0.39, 0.29) is 35.1 Å². The van der Waals surface area contributed by atoms with Crippen LogP contribution in [0.4, 0.5) is 13.2 Å². The van der Waals surface area contributed by atoms with Gasteiger partial charge in [0.25, 0.3) is 5.91 Å². The van der Waals surface area contributed by atoms with Crippen molar-refractivity contribution in [3.63, 3.8) is 0 Å². The number of benzene rings is 2. The molecule has 1 saturated carbocycles. The maximum absolute atomic E-state index is 15.5. The predicted molar refractivity (Wildman–Crippen MR) is 116 cm³/mol. The number of aliphatic hydroxyl groups is 1. The second-order valence-corrected chi connectivity index (χ2v) is 10.7. The Morgan fingerprint density at radius 2 is 1.82 bits per heavy atom. The smallest absolute Gasteiger partial charge is 0.251 e. The van der Waals surface area contributed by atoms with Gasteiger partial charge in [0.05, 0.1) is 12.3 Å². The first-order valence-corrected chi connectivity index (χ1v) is 12.5. The quantitative estimate of drug-likeness (QED) is 0.663. The molecule has 2 bridgehead atoms. The molecule has 0 aromatic heterocycles. The van der Waals surface area contributed by atoms with Gasteiger partial charge in [-0.15, -0.1) is 0 Å². The fraction of sp³-hybridized carbons (Fsp3) is 0.435. The Bertz CT molecular complexity index is 1160. The lowest BCUT2D eigenvalue weighted by molar-refractivity contribution is -0.157. The van der Waals surface area contributed by atoms with Gasteiger partial charge in [0.1, 0.15) is 23.6 Å². The summed E-state index contributed by atoms with van der Waals surface area (Å²) in [5.74, 6) is -2.95. The number of carbonyl (C=O) groups excluding carboxylic acids is 1. The van der Waals surface area contributed by atoms with Gasteiger partial charge in [0, 0.05) is 23.7 Å². The van der Waals surface area contributed by atoms with Crippen molar-refractivity contribution in [2.24, 2.45) is 5.92 Å². The number of rotatable bonds is 6. The minimum atomic E-state index is -3.62. The van der Waals surface area contributed by atoms with E-state index in [0.29, 0.717) is 18.9 Å². The van der Waals surface area contributed by atoms with Crippen LogP contribution < -0.4 is 4.72 Å². The first kappa shape index (κ1) is 23.7. The van der Waals surface area contributed by atoms with E-state index < -0.39 is 51.6 Å². The Kier molecular flexibility index (Phi) is 6.28. The van der Waals surface area contributed by atoms with E-state index in [1.807, 2.05) is 0 Å². The molecule has 33 heavy (non-hydrogen) atoms. The third-order valence-corrected chi connectivity index (χ3v) is 7.17. The van der Waals surface area contributed by atoms with E-state index in [1.54, 1.807) is 6.07 Å². The number of piperidine rings is 2. The number of carbonyl (C=O) groups is 1. The molecule has 2 saturated heterocycles. The second-order valence-electron chi connectivity index (χ2n) is 8.93. The second kappa shape index (κ2) is 8.73. The van der Waals surface area contributed by atoms with Crippen LogP contribution in [0.1, 0.15) is 25.3 Å². The van der Waals surface area contributed by atoms with Crippen molar-refractivity contribution < 1.29 is 31.5 Å². The molecule has 1 amide bonds. The van der Waals surface area contributed by atoms with Crippen molar-refractivity contribution in [3.05, 3.63) is 59.4 Å². The zero-order chi connectivity index (χ0) is 24.1. The van der Waals surface area contributed by atoms with E-state index in [1.165, 1.54) is 24.0 Å². The molecule has 5 rings (SSSR count). The van der Waals surface area contributed by atoms with Gasteiger partial charge in [-0.25, -0.2) is 26.3 Å². The summed E-state index contributed by atoms with van der Waals surface area (Å²) in [6.45, 7) is 1.34. The Morgan fingerprint density at radius 3 is 2.39 bits per heavy atom. The first-order valence-electron chi connectivity index (χ1n) is 10.7. The summed E-state index contributed by atoms with van der Waals surface area (Å²) in [5.41, 5.74) is 0.195. The van der Waals surface area contributed by atoms with Crippen LogP contribution in [-0.2, 0) is 21.2 Å². The van der Waals surface area contributed by atoms with E-state index in [9.17, 15) is 27.1 Å². The molecule has 10 heteroatoms. The van der Waals surface area contributed by atoms with Gasteiger partial charge >= 0.3 is 0 Å². The number of fused-ring (bicyclic) bond motifs is 2. The van der Waals surface area contributed by atoms with Crippen LogP contribution in [0.25, 0.3) is 11.1 Å². The van der Waals surface area contributed by atoms with Crippen LogP contribution in [0, 0.1) is 23.4 Å². The van der Waals surface area contributed by atoms with Crippen molar-refractivity contribution in [1.29, 1.82) is 0 Å². The minimum absolute atomic E-state index is 0.00658. The van der Waals surface area contributed by atoms with Crippen molar-refractivity contribution in [3.8, 4) is 11.1 Å². The summed E-state index contributed by atoms with van der Waals surface area (Å²) in [6, 6.07) is 5.64. The molecule has 0 spiro atoms. The highest BCUT2D eigenvalue weighted by atomic mass is 32.2. The number of nitrogens with one attached hydrogen (secondary N) is 1. The topological polar surface area (TPSA) is 86.7 Å². The molecule has 6 nitrogen and oxygen atoms in total. The Hall–Kier alpha value is -2.43. The molecule has 2 heterocycles. The third-order valence-electron chi connectivity index (χ3n) is 6.47. The van der Waals surface area contributed by atoms with Crippen molar-refractivity contribution in [1.82, 2.24) is 9.62 Å². The molecule has 0 radical (unpaired) electrons. The molecule has 178 valence electrons. The van der Waals surface area contributed by atoms with Gasteiger partial charge in [-0.1, -0.05) is 18.2 Å². The van der Waals surface area contributed by atoms with Crippen LogP contribution >= 0.6 is 0 Å². The van der Waals surface area contributed by atoms with E-state index in [0.717, 1.165) is 18.4 Å². The fourth-order valence-electron chi connectivity index (χ4n) is 5.01. The van der Waals surface area contributed by atoms with E-state index >= 15 is 4.39 Å². The summed E-state index contributed by atoms with van der Waals surface area (Å²) in [6.07, 6.45) is 0.876. The van der Waals surface area contributed by atoms with Crippen LogP contribution in [0.5, 0.6) is 0 Å². The molecule has 0 unspecified atom stereocenters. The van der Waals surface area contributed by atoms with Gasteiger partial charge < -0.3 is 10.0 Å². The molecular formula is C23H25F3N2O4S. The fourth-order valence-corrected chi connectivity index (χ4v) is 5.85. The molecule has 3 atom stereocenters. The lowest BCUT2D eigenvalue weighted by Gasteiger charge is -2.58. The summed E-state index contributed by atoms with van der Waals surface area (Å²) >= 11 is 0. The maximum atomic E-state index is 15.5. The molecule has 2 aromatic rings. The number of sulfonamides is 1. The zero-order valence-corrected chi connectivity index (χ0v) is 18.9. The highest BCUT2D eigenvalue weighted by Gasteiger charge is 2.53. The number of nitrogens with zero attached hydrogens (tertiary/aromatic N) is 1. The van der Waals surface area contributed by atoms with Crippen molar-refractivity contribution in [2.75, 3.05) is 6.26 Å². The average Bonchev–Trinajstić information content (AvgIpc) is 2.66. The largest absolute Gasteiger partial charge is 0.384 e. The molecule has 2 aromatic carbocycles. The van der Waals surface area contributed by atoms with Crippen LogP contribution in [-0.4, -0.2) is 54.8 Å². The third kappa shape index (κ3) is 4.78. The van der Waals surface area contributed by atoms with Gasteiger partial charge in [-0.2, -0.15) is 0 Å². The van der Waals surface area contributed by atoms with Crippen molar-refractivity contribution in [2.45, 2.75) is 50.4 Å². The normalized spacial score (nSPS) is 25.5. The Labute approximate surface area is 190 Å². The minimum Gasteiger partial charge on any atom is -0.384 e. The number of amides is 1. The monoisotopic (exact) mass is 482 g/mol. The average molecular weight is 483 g/mol. The first-order chi connectivity index (χ1) is 15.4. The lowest BCUT2D eigenvalue weighted by atomic mass is 9.66. The maximum Gasteiger partial charge on any atom is 0.251 e. The lowest BCUT2D eigenvalue weighted by Crippen LogP contribution is -2.71. The summed E-state index contributed by atoms with van der Waals surface area (Å²) < 4.78 is 69.6. The molecule has 2 N–H and O–H groups in total. The highest BCUT2D eigenvalue weighted by molar-refractivity contribution is 7.88. The van der Waals surface area contributed by atoms with Crippen LogP contribution in [0.15, 0.2) is 36.4 Å². The molecule has 3 fully saturated rings. The van der Waals surface area contributed by atoms with Gasteiger partial charge in [0.2, 0.25) is 10.0 Å². The molecule has 1 aliphatic carbocycles. The van der Waals surface area contributed by atoms with Crippen LogP contribution in [0.3, 0.4) is 0 Å². The zero-order valence-electron chi connectivity index (χ0n) is 18.1. The Morgan fingerprint density at radius 1 is 1.18 bits per heavy atom. The number of hydrogen-bond donors (Lipinski definition) is 2. The summed E-state index contributed by atoms with van der Waals surface area (Å²) in [7, 11) is -3.62. The number of halogens is 3. The number of aliphatic hydroxyl groups excluding tert-OH is 1.